The smallest absolute Gasteiger partial charge is 0.119 e. The van der Waals surface area contributed by atoms with Crippen LogP contribution in [0.25, 0.3) is 0 Å². The summed E-state index contributed by atoms with van der Waals surface area (Å²) in [7, 11) is 7.22. The largest absolute Gasteiger partial charge is 0.497 e. The Bertz CT molecular complexity index is 233. The summed E-state index contributed by atoms with van der Waals surface area (Å²) in [5.74, 6) is 0.741. The molecule has 0 aliphatic heterocycles. The Morgan fingerprint density at radius 3 is 2.60 bits per heavy atom. The van der Waals surface area contributed by atoms with Crippen LogP contribution in [-0.2, 0) is 0 Å². The van der Waals surface area contributed by atoms with Crippen LogP contribution in [-0.4, -0.2) is 15.0 Å². The van der Waals surface area contributed by atoms with Crippen LogP contribution in [0.5, 0.6) is 5.75 Å². The fraction of sp³-hybridized carbons (Fsp3) is 0.250. The van der Waals surface area contributed by atoms with Crippen molar-refractivity contribution in [1.29, 1.82) is 0 Å². The first kappa shape index (κ1) is 7.20. The summed E-state index contributed by atoms with van der Waals surface area (Å²) >= 11 is 0. The number of hydrogen-bond acceptors (Lipinski definition) is 1. The van der Waals surface area contributed by atoms with E-state index >= 15 is 0 Å². The third-order valence-electron chi connectivity index (χ3n) is 1.39. The van der Waals surface area contributed by atoms with Gasteiger partial charge in [-0.15, -0.1) is 0 Å². The number of aryl methyl sites for hydroxylation is 1. The number of methoxy groups -OCH3 is 1. The molecule has 0 saturated carbocycles. The normalized spacial score (nSPS) is 9.40. The molecule has 0 heterocycles. The van der Waals surface area contributed by atoms with Crippen molar-refractivity contribution in [2.75, 3.05) is 7.11 Å². The van der Waals surface area contributed by atoms with Crippen molar-refractivity contribution in [3.05, 3.63) is 23.8 Å². The van der Waals surface area contributed by atoms with Gasteiger partial charge in [0.15, 0.2) is 0 Å². The topological polar surface area (TPSA) is 9.23 Å². The van der Waals surface area contributed by atoms with Crippen LogP contribution in [0, 0.1) is 6.92 Å². The molecule has 0 atom stereocenters. The fourth-order valence-corrected chi connectivity index (χ4v) is 0.854. The molecule has 10 heavy (non-hydrogen) atoms. The van der Waals surface area contributed by atoms with Gasteiger partial charge in [-0.2, -0.15) is 0 Å². The third-order valence-corrected chi connectivity index (χ3v) is 1.39. The van der Waals surface area contributed by atoms with E-state index in [-0.39, 0.29) is 0 Å². The lowest BCUT2D eigenvalue weighted by molar-refractivity contribution is 0.418. The molecule has 1 rings (SSSR count). The Kier molecular flexibility index (Phi) is 2.00. The van der Waals surface area contributed by atoms with Gasteiger partial charge in [-0.05, 0) is 13.0 Å². The lowest BCUT2D eigenvalue weighted by Crippen LogP contribution is -2.06. The Balaban J connectivity index is 3.07. The zero-order valence-corrected chi connectivity index (χ0v) is 6.22. The molecule has 1 aromatic carbocycles. The summed E-state index contributed by atoms with van der Waals surface area (Å²) in [5, 5.41) is 0. The lowest BCUT2D eigenvalue weighted by atomic mass is 9.93. The fourth-order valence-electron chi connectivity index (χ4n) is 0.854. The lowest BCUT2D eigenvalue weighted by Gasteiger charge is -2.03. The van der Waals surface area contributed by atoms with Crippen molar-refractivity contribution in [1.82, 2.24) is 0 Å². The molecule has 0 fully saturated rings. The second-order valence-electron chi connectivity index (χ2n) is 2.25. The summed E-state index contributed by atoms with van der Waals surface area (Å²) in [6, 6.07) is 5.72. The molecule has 2 radical (unpaired) electrons. The van der Waals surface area contributed by atoms with Gasteiger partial charge in [0, 0.05) is 0 Å². The van der Waals surface area contributed by atoms with Crippen LogP contribution in [0.2, 0.25) is 0 Å². The number of rotatable bonds is 1. The monoisotopic (exact) mass is 132 g/mol. The molecule has 0 spiro atoms. The Labute approximate surface area is 62.4 Å². The Hall–Kier alpha value is -0.915. The Morgan fingerprint density at radius 1 is 1.40 bits per heavy atom. The van der Waals surface area contributed by atoms with Crippen molar-refractivity contribution in [2.24, 2.45) is 0 Å². The molecule has 1 aromatic rings. The molecule has 0 aliphatic rings. The molecule has 0 amide bonds. The Morgan fingerprint density at radius 2 is 2.10 bits per heavy atom. The molecule has 0 aliphatic carbocycles. The predicted molar refractivity (Wildman–Crippen MR) is 43.1 cm³/mol. The van der Waals surface area contributed by atoms with E-state index in [9.17, 15) is 0 Å². The highest BCUT2D eigenvalue weighted by Gasteiger charge is 1.94. The van der Waals surface area contributed by atoms with Gasteiger partial charge < -0.3 is 4.74 Å². The minimum absolute atomic E-state index is 0.697. The number of ether oxygens (including phenoxy) is 1. The molecular formula is C8H9BO. The van der Waals surface area contributed by atoms with E-state index in [1.807, 2.05) is 25.1 Å². The summed E-state index contributed by atoms with van der Waals surface area (Å²) in [6.07, 6.45) is 0. The van der Waals surface area contributed by atoms with Gasteiger partial charge in [0.1, 0.15) is 13.6 Å². The molecule has 1 nitrogen and oxygen atoms in total. The average molecular weight is 132 g/mol. The first-order valence-electron chi connectivity index (χ1n) is 3.14. The van der Waals surface area contributed by atoms with Crippen molar-refractivity contribution in [3.63, 3.8) is 0 Å². The van der Waals surface area contributed by atoms with Gasteiger partial charge in [0.05, 0.1) is 7.11 Å². The number of benzene rings is 1. The van der Waals surface area contributed by atoms with Crippen LogP contribution >= 0.6 is 0 Å². The van der Waals surface area contributed by atoms with Gasteiger partial charge in [0.2, 0.25) is 0 Å². The van der Waals surface area contributed by atoms with Crippen molar-refractivity contribution in [3.8, 4) is 5.75 Å². The van der Waals surface area contributed by atoms with E-state index in [1.54, 1.807) is 7.11 Å². The molecule has 0 aromatic heterocycles. The highest BCUT2D eigenvalue weighted by Crippen LogP contribution is 2.05. The zero-order valence-electron chi connectivity index (χ0n) is 6.22. The SMILES string of the molecule is [B]c1cc(C)ccc1OC. The van der Waals surface area contributed by atoms with E-state index in [4.69, 9.17) is 12.6 Å². The molecule has 0 N–H and O–H groups in total. The quantitative estimate of drug-likeness (QED) is 0.513. The van der Waals surface area contributed by atoms with Gasteiger partial charge in [-0.1, -0.05) is 23.2 Å². The van der Waals surface area contributed by atoms with Crippen LogP contribution in [0.1, 0.15) is 5.56 Å². The van der Waals surface area contributed by atoms with Crippen molar-refractivity contribution >= 4 is 13.3 Å². The maximum Gasteiger partial charge on any atom is 0.119 e. The van der Waals surface area contributed by atoms with Crippen LogP contribution in [0.3, 0.4) is 0 Å². The van der Waals surface area contributed by atoms with Crippen LogP contribution < -0.4 is 10.2 Å². The van der Waals surface area contributed by atoms with Crippen molar-refractivity contribution < 1.29 is 4.74 Å². The van der Waals surface area contributed by atoms with E-state index in [2.05, 4.69) is 0 Å². The van der Waals surface area contributed by atoms with E-state index < -0.39 is 0 Å². The summed E-state index contributed by atoms with van der Waals surface area (Å²) < 4.78 is 4.97. The van der Waals surface area contributed by atoms with Crippen LogP contribution in [0.4, 0.5) is 0 Å². The maximum atomic E-state index is 5.61. The van der Waals surface area contributed by atoms with Gasteiger partial charge in [-0.3, -0.25) is 0 Å². The highest BCUT2D eigenvalue weighted by atomic mass is 16.5. The van der Waals surface area contributed by atoms with Crippen LogP contribution in [0.15, 0.2) is 18.2 Å². The van der Waals surface area contributed by atoms with E-state index in [0.717, 1.165) is 11.3 Å². The third kappa shape index (κ3) is 1.32. The average Bonchev–Trinajstić information content (AvgIpc) is 1.88. The zero-order chi connectivity index (χ0) is 7.56. The molecule has 2 heteroatoms. The van der Waals surface area contributed by atoms with E-state index in [0.29, 0.717) is 5.46 Å². The summed E-state index contributed by atoms with van der Waals surface area (Å²) in [5.41, 5.74) is 1.85. The van der Waals surface area contributed by atoms with Gasteiger partial charge >= 0.3 is 0 Å². The van der Waals surface area contributed by atoms with Gasteiger partial charge in [0.25, 0.3) is 0 Å². The molecule has 50 valence electrons. The first-order valence-corrected chi connectivity index (χ1v) is 3.14. The molecule has 0 bridgehead atoms. The highest BCUT2D eigenvalue weighted by molar-refractivity contribution is 6.34. The second-order valence-corrected chi connectivity index (χ2v) is 2.25. The summed E-state index contributed by atoms with van der Waals surface area (Å²) in [6.45, 7) is 2.00. The second kappa shape index (κ2) is 2.78. The molecule has 0 saturated heterocycles. The van der Waals surface area contributed by atoms with Crippen molar-refractivity contribution in [2.45, 2.75) is 6.92 Å². The molecular weight excluding hydrogens is 123 g/mol. The number of hydrogen-bond donors (Lipinski definition) is 0. The maximum absolute atomic E-state index is 5.61. The standard InChI is InChI=1S/C8H9BO/c1-6-3-4-8(10-2)7(9)5-6/h3-5H,1-2H3. The van der Waals surface area contributed by atoms with E-state index in [1.165, 1.54) is 0 Å². The first-order chi connectivity index (χ1) is 4.74. The molecule has 0 unspecified atom stereocenters. The van der Waals surface area contributed by atoms with Gasteiger partial charge in [-0.25, -0.2) is 0 Å². The minimum Gasteiger partial charge on any atom is -0.497 e. The summed E-state index contributed by atoms with van der Waals surface area (Å²) in [4.78, 5) is 0. The minimum atomic E-state index is 0.697. The predicted octanol–water partition coefficient (Wildman–Crippen LogP) is 0.797.